The molecule has 1 aromatic heterocycles. The second-order valence-corrected chi connectivity index (χ2v) is 6.81. The zero-order chi connectivity index (χ0) is 19.8. The van der Waals surface area contributed by atoms with E-state index in [9.17, 15) is 14.0 Å². The molecule has 3 aromatic rings. The number of hydrogen-bond donors (Lipinski definition) is 0. The number of benzene rings is 2. The van der Waals surface area contributed by atoms with Crippen molar-refractivity contribution in [2.75, 3.05) is 0 Å². The van der Waals surface area contributed by atoms with Gasteiger partial charge in [-0.05, 0) is 49.8 Å². The van der Waals surface area contributed by atoms with E-state index in [-0.39, 0.29) is 17.6 Å². The number of aromatic nitrogens is 1. The maximum Gasteiger partial charge on any atom is 0.262 e. The molecule has 2 heterocycles. The Kier molecular flexibility index (Phi) is 4.51. The Bertz CT molecular complexity index is 1100. The van der Waals surface area contributed by atoms with Crippen LogP contribution in [0, 0.1) is 5.82 Å². The van der Waals surface area contributed by atoms with Gasteiger partial charge in [0.15, 0.2) is 0 Å². The minimum Gasteiger partial charge on any atom is -0.269 e. The third-order valence-electron chi connectivity index (χ3n) is 5.01. The van der Waals surface area contributed by atoms with Crippen molar-refractivity contribution in [1.82, 2.24) is 9.88 Å². The number of pyridine rings is 1. The lowest BCUT2D eigenvalue weighted by molar-refractivity contribution is 0.0595. The molecule has 140 valence electrons. The average molecular weight is 374 g/mol. The lowest BCUT2D eigenvalue weighted by Gasteiger charge is -2.24. The quantitative estimate of drug-likeness (QED) is 0.593. The summed E-state index contributed by atoms with van der Waals surface area (Å²) in [6.45, 7) is 3.82. The van der Waals surface area contributed by atoms with Crippen LogP contribution in [0.1, 0.15) is 58.3 Å². The van der Waals surface area contributed by atoms with Gasteiger partial charge in [0.1, 0.15) is 5.82 Å². The highest BCUT2D eigenvalue weighted by Gasteiger charge is 2.39. The van der Waals surface area contributed by atoms with Gasteiger partial charge in [0, 0.05) is 17.0 Å². The molecule has 5 heteroatoms. The summed E-state index contributed by atoms with van der Waals surface area (Å²) in [7, 11) is 0. The molecule has 2 amide bonds. The fraction of sp³-hybridized carbons (Fsp3) is 0.174. The maximum absolute atomic E-state index is 13.6. The number of rotatable bonds is 4. The molecule has 0 bridgehead atoms. The van der Waals surface area contributed by atoms with Crippen LogP contribution in [0.3, 0.4) is 0 Å². The Morgan fingerprint density at radius 2 is 1.75 bits per heavy atom. The molecule has 0 N–H and O–H groups in total. The summed E-state index contributed by atoms with van der Waals surface area (Å²) in [5.74, 6) is -0.970. The SMILES string of the molecule is CC/C=C/c1nc2cc(F)ccc2cc1[C@H](C)N1C(=O)c2ccccc2C1=O. The van der Waals surface area contributed by atoms with E-state index in [1.54, 1.807) is 30.3 Å². The van der Waals surface area contributed by atoms with E-state index in [0.29, 0.717) is 22.3 Å². The van der Waals surface area contributed by atoms with Crippen LogP contribution >= 0.6 is 0 Å². The van der Waals surface area contributed by atoms with Gasteiger partial charge in [0.05, 0.1) is 28.4 Å². The number of carbonyl (C=O) groups excluding carboxylic acids is 2. The average Bonchev–Trinajstić information content (AvgIpc) is 2.96. The van der Waals surface area contributed by atoms with Crippen LogP contribution in [0.15, 0.2) is 54.6 Å². The number of imide groups is 1. The van der Waals surface area contributed by atoms with Crippen LogP contribution in [0.4, 0.5) is 4.39 Å². The molecule has 0 radical (unpaired) electrons. The van der Waals surface area contributed by atoms with Crippen LogP contribution in [0.25, 0.3) is 17.0 Å². The topological polar surface area (TPSA) is 50.3 Å². The van der Waals surface area contributed by atoms with Gasteiger partial charge in [-0.2, -0.15) is 0 Å². The van der Waals surface area contributed by atoms with Gasteiger partial charge in [0.25, 0.3) is 11.8 Å². The van der Waals surface area contributed by atoms with Gasteiger partial charge in [-0.15, -0.1) is 0 Å². The van der Waals surface area contributed by atoms with Crippen LogP contribution in [-0.4, -0.2) is 21.7 Å². The highest BCUT2D eigenvalue weighted by molar-refractivity contribution is 6.21. The lowest BCUT2D eigenvalue weighted by atomic mass is 10.0. The molecular formula is C23H19FN2O2. The molecular weight excluding hydrogens is 355 g/mol. The van der Waals surface area contributed by atoms with E-state index < -0.39 is 6.04 Å². The molecule has 0 saturated heterocycles. The van der Waals surface area contributed by atoms with Gasteiger partial charge < -0.3 is 0 Å². The van der Waals surface area contributed by atoms with Crippen LogP contribution in [-0.2, 0) is 0 Å². The molecule has 4 rings (SSSR count). The van der Waals surface area contributed by atoms with Crippen LogP contribution < -0.4 is 0 Å². The molecule has 2 aromatic carbocycles. The third kappa shape index (κ3) is 2.89. The van der Waals surface area contributed by atoms with Crippen molar-refractivity contribution in [2.45, 2.75) is 26.3 Å². The minimum atomic E-state index is -0.508. The van der Waals surface area contributed by atoms with Crippen LogP contribution in [0.5, 0.6) is 0 Å². The molecule has 28 heavy (non-hydrogen) atoms. The lowest BCUT2D eigenvalue weighted by Crippen LogP contribution is -2.33. The molecule has 1 atom stereocenters. The van der Waals surface area contributed by atoms with E-state index in [4.69, 9.17) is 0 Å². The molecule has 0 spiro atoms. The van der Waals surface area contributed by atoms with Crippen molar-refractivity contribution in [3.8, 4) is 0 Å². The molecule has 0 fully saturated rings. The molecule has 0 aliphatic carbocycles. The predicted octanol–water partition coefficient (Wildman–Crippen LogP) is 5.15. The Balaban J connectivity index is 1.84. The minimum absolute atomic E-state index is 0.308. The summed E-state index contributed by atoms with van der Waals surface area (Å²) in [4.78, 5) is 31.6. The maximum atomic E-state index is 13.6. The largest absolute Gasteiger partial charge is 0.269 e. The third-order valence-corrected chi connectivity index (χ3v) is 5.01. The number of amides is 2. The summed E-state index contributed by atoms with van der Waals surface area (Å²) in [5, 5.41) is 0.758. The molecule has 1 aliphatic rings. The normalized spacial score (nSPS) is 14.9. The van der Waals surface area contributed by atoms with E-state index in [1.807, 2.05) is 32.1 Å². The van der Waals surface area contributed by atoms with Gasteiger partial charge in [-0.3, -0.25) is 14.5 Å². The van der Waals surface area contributed by atoms with Crippen molar-refractivity contribution in [1.29, 1.82) is 0 Å². The van der Waals surface area contributed by atoms with Crippen molar-refractivity contribution in [3.63, 3.8) is 0 Å². The standard InChI is InChI=1S/C23H19FN2O2/c1-3-4-9-20-19(12-15-10-11-16(24)13-21(15)25-20)14(2)26-22(27)17-7-5-6-8-18(17)23(26)28/h4-14H,3H2,1-2H3/b9-4+/t14-/m0/s1. The smallest absolute Gasteiger partial charge is 0.262 e. The van der Waals surface area contributed by atoms with Crippen molar-refractivity contribution < 1.29 is 14.0 Å². The highest BCUT2D eigenvalue weighted by Crippen LogP contribution is 2.34. The Morgan fingerprint density at radius 3 is 2.39 bits per heavy atom. The molecule has 0 unspecified atom stereocenters. The number of carbonyl (C=O) groups is 2. The summed E-state index contributed by atoms with van der Waals surface area (Å²) in [6.07, 6.45) is 4.62. The zero-order valence-corrected chi connectivity index (χ0v) is 15.6. The van der Waals surface area contributed by atoms with Gasteiger partial charge in [-0.25, -0.2) is 9.37 Å². The first-order chi connectivity index (χ1) is 13.5. The Morgan fingerprint density at radius 1 is 1.07 bits per heavy atom. The predicted molar refractivity (Wildman–Crippen MR) is 106 cm³/mol. The van der Waals surface area contributed by atoms with Crippen LogP contribution in [0.2, 0.25) is 0 Å². The van der Waals surface area contributed by atoms with Gasteiger partial charge >= 0.3 is 0 Å². The van der Waals surface area contributed by atoms with E-state index in [0.717, 1.165) is 17.4 Å². The fourth-order valence-corrected chi connectivity index (χ4v) is 3.57. The molecule has 0 saturated carbocycles. The first-order valence-electron chi connectivity index (χ1n) is 9.25. The number of halogens is 1. The van der Waals surface area contributed by atoms with E-state index >= 15 is 0 Å². The number of fused-ring (bicyclic) bond motifs is 2. The highest BCUT2D eigenvalue weighted by atomic mass is 19.1. The first-order valence-corrected chi connectivity index (χ1v) is 9.25. The zero-order valence-electron chi connectivity index (χ0n) is 15.6. The van der Waals surface area contributed by atoms with E-state index in [1.165, 1.54) is 17.0 Å². The monoisotopic (exact) mass is 374 g/mol. The van der Waals surface area contributed by atoms with Crippen molar-refractivity contribution in [2.24, 2.45) is 0 Å². The number of nitrogens with zero attached hydrogens (tertiary/aromatic N) is 2. The van der Waals surface area contributed by atoms with Crippen molar-refractivity contribution >= 4 is 28.8 Å². The second kappa shape index (κ2) is 7.00. The van der Waals surface area contributed by atoms with Crippen molar-refractivity contribution in [3.05, 3.63) is 82.8 Å². The fourth-order valence-electron chi connectivity index (χ4n) is 3.57. The first kappa shape index (κ1) is 18.0. The van der Waals surface area contributed by atoms with E-state index in [2.05, 4.69) is 4.98 Å². The van der Waals surface area contributed by atoms with Gasteiger partial charge in [-0.1, -0.05) is 25.1 Å². The number of allylic oxidation sites excluding steroid dienone is 1. The second-order valence-electron chi connectivity index (χ2n) is 6.81. The summed E-state index contributed by atoms with van der Waals surface area (Å²) < 4.78 is 13.6. The summed E-state index contributed by atoms with van der Waals surface area (Å²) in [5.41, 5.74) is 2.75. The summed E-state index contributed by atoms with van der Waals surface area (Å²) >= 11 is 0. The Labute approximate surface area is 162 Å². The molecule has 1 aliphatic heterocycles. The number of hydrogen-bond acceptors (Lipinski definition) is 3. The Hall–Kier alpha value is -3.34. The summed E-state index contributed by atoms with van der Waals surface area (Å²) in [6, 6.07) is 12.6. The van der Waals surface area contributed by atoms with Gasteiger partial charge in [0.2, 0.25) is 0 Å². The molecule has 4 nitrogen and oxygen atoms in total.